The fourth-order valence-electron chi connectivity index (χ4n) is 2.46. The van der Waals surface area contributed by atoms with Gasteiger partial charge < -0.3 is 9.84 Å². The Morgan fingerprint density at radius 2 is 2.22 bits per heavy atom. The highest BCUT2D eigenvalue weighted by Crippen LogP contribution is 2.47. The van der Waals surface area contributed by atoms with Gasteiger partial charge in [0.05, 0.1) is 13.0 Å². The summed E-state index contributed by atoms with van der Waals surface area (Å²) in [5, 5.41) is 9.07. The van der Waals surface area contributed by atoms with E-state index in [4.69, 9.17) is 9.84 Å². The minimum atomic E-state index is -0.726. The zero-order valence-electron chi connectivity index (χ0n) is 11.0. The van der Waals surface area contributed by atoms with Crippen LogP contribution in [0.1, 0.15) is 43.2 Å². The van der Waals surface area contributed by atoms with Gasteiger partial charge in [-0.05, 0) is 44.2 Å². The Hall–Kier alpha value is -1.51. The van der Waals surface area contributed by atoms with Crippen molar-refractivity contribution in [1.29, 1.82) is 0 Å². The number of carboxylic acid groups (broad SMARTS) is 1. The van der Waals surface area contributed by atoms with Crippen LogP contribution in [0.2, 0.25) is 0 Å². The molecule has 1 fully saturated rings. The molecule has 1 N–H and O–H groups in total. The predicted molar refractivity (Wildman–Crippen MR) is 70.1 cm³/mol. The van der Waals surface area contributed by atoms with Crippen LogP contribution in [0, 0.1) is 12.8 Å². The van der Waals surface area contributed by atoms with Crippen molar-refractivity contribution >= 4 is 5.97 Å². The quantitative estimate of drug-likeness (QED) is 0.839. The normalized spacial score (nSPS) is 16.3. The van der Waals surface area contributed by atoms with Crippen molar-refractivity contribution in [2.45, 2.75) is 39.0 Å². The number of hydrogen-bond acceptors (Lipinski definition) is 2. The molecule has 2 rings (SSSR count). The van der Waals surface area contributed by atoms with E-state index in [0.717, 1.165) is 29.7 Å². The third-order valence-electron chi connectivity index (χ3n) is 3.45. The highest BCUT2D eigenvalue weighted by molar-refractivity contribution is 5.68. The van der Waals surface area contributed by atoms with Gasteiger partial charge in [0.1, 0.15) is 5.75 Å². The third kappa shape index (κ3) is 3.03. The molecular formula is C15H20O3. The summed E-state index contributed by atoms with van der Waals surface area (Å²) in [6.45, 7) is 4.59. The summed E-state index contributed by atoms with van der Waals surface area (Å²) in [6, 6.07) is 6.06. The Morgan fingerprint density at radius 1 is 1.50 bits per heavy atom. The molecule has 0 amide bonds. The number of hydrogen-bond donors (Lipinski definition) is 1. The van der Waals surface area contributed by atoms with Gasteiger partial charge in [0.2, 0.25) is 0 Å². The van der Waals surface area contributed by atoms with Gasteiger partial charge in [-0.2, -0.15) is 0 Å². The molecule has 1 saturated carbocycles. The lowest BCUT2D eigenvalue weighted by Gasteiger charge is -2.19. The molecule has 0 radical (unpaired) electrons. The molecule has 18 heavy (non-hydrogen) atoms. The molecule has 1 aliphatic rings. The lowest BCUT2D eigenvalue weighted by molar-refractivity contribution is -0.137. The summed E-state index contributed by atoms with van der Waals surface area (Å²) in [6.07, 6.45) is 2.48. The second-order valence-corrected chi connectivity index (χ2v) is 5.02. The first-order valence-corrected chi connectivity index (χ1v) is 6.57. The maximum Gasteiger partial charge on any atom is 0.303 e. The number of aryl methyl sites for hydroxylation is 1. The summed E-state index contributed by atoms with van der Waals surface area (Å²) >= 11 is 0. The minimum absolute atomic E-state index is 0.101. The van der Waals surface area contributed by atoms with Gasteiger partial charge in [-0.25, -0.2) is 0 Å². The van der Waals surface area contributed by atoms with Crippen molar-refractivity contribution in [3.8, 4) is 5.75 Å². The maximum absolute atomic E-state index is 11.0. The zero-order valence-corrected chi connectivity index (χ0v) is 11.0. The van der Waals surface area contributed by atoms with E-state index in [0.29, 0.717) is 12.5 Å². The van der Waals surface area contributed by atoms with Crippen LogP contribution < -0.4 is 4.74 Å². The number of carboxylic acids is 1. The number of carbonyl (C=O) groups is 1. The first-order valence-electron chi connectivity index (χ1n) is 6.57. The van der Waals surface area contributed by atoms with Crippen LogP contribution in [0.15, 0.2) is 18.2 Å². The molecule has 1 atom stereocenters. The maximum atomic E-state index is 11.0. The van der Waals surface area contributed by atoms with Crippen LogP contribution in [-0.2, 0) is 4.79 Å². The monoisotopic (exact) mass is 248 g/mol. The van der Waals surface area contributed by atoms with Crippen LogP contribution in [-0.4, -0.2) is 17.7 Å². The van der Waals surface area contributed by atoms with Crippen molar-refractivity contribution in [3.63, 3.8) is 0 Å². The van der Waals surface area contributed by atoms with E-state index in [1.807, 2.05) is 26.0 Å². The molecule has 0 heterocycles. The van der Waals surface area contributed by atoms with Crippen molar-refractivity contribution in [1.82, 2.24) is 0 Å². The fourth-order valence-corrected chi connectivity index (χ4v) is 2.46. The van der Waals surface area contributed by atoms with Gasteiger partial charge in [0.15, 0.2) is 0 Å². The molecule has 3 heteroatoms. The summed E-state index contributed by atoms with van der Waals surface area (Å²) in [5.41, 5.74) is 2.23. The van der Waals surface area contributed by atoms with E-state index in [1.165, 1.54) is 0 Å². The predicted octanol–water partition coefficient (Wildman–Crippen LogP) is 3.36. The lowest BCUT2D eigenvalue weighted by Crippen LogP contribution is -2.10. The van der Waals surface area contributed by atoms with Gasteiger partial charge in [0, 0.05) is 5.92 Å². The molecule has 0 saturated heterocycles. The Balaban J connectivity index is 2.32. The second-order valence-electron chi connectivity index (χ2n) is 5.02. The van der Waals surface area contributed by atoms with E-state index < -0.39 is 5.97 Å². The van der Waals surface area contributed by atoms with Crippen molar-refractivity contribution in [2.75, 3.05) is 6.61 Å². The van der Waals surface area contributed by atoms with E-state index in [9.17, 15) is 4.79 Å². The molecule has 1 unspecified atom stereocenters. The molecule has 1 aromatic rings. The summed E-state index contributed by atoms with van der Waals surface area (Å²) in [5.74, 6) is 0.739. The average Bonchev–Trinajstić information content (AvgIpc) is 3.12. The summed E-state index contributed by atoms with van der Waals surface area (Å²) < 4.78 is 5.64. The molecule has 1 aromatic carbocycles. The third-order valence-corrected chi connectivity index (χ3v) is 3.45. The lowest BCUT2D eigenvalue weighted by atomic mass is 9.89. The van der Waals surface area contributed by atoms with E-state index >= 15 is 0 Å². The van der Waals surface area contributed by atoms with Crippen LogP contribution in [0.3, 0.4) is 0 Å². The molecule has 0 bridgehead atoms. The number of aliphatic carboxylic acids is 1. The van der Waals surface area contributed by atoms with Crippen molar-refractivity contribution < 1.29 is 14.6 Å². The summed E-state index contributed by atoms with van der Waals surface area (Å²) in [7, 11) is 0. The topological polar surface area (TPSA) is 46.5 Å². The van der Waals surface area contributed by atoms with E-state index in [2.05, 4.69) is 6.07 Å². The average molecular weight is 248 g/mol. The number of ether oxygens (including phenoxy) is 1. The SMILES string of the molecule is CCOc1ccc(C)cc1C(CC(=O)O)C1CC1. The van der Waals surface area contributed by atoms with Gasteiger partial charge in [0.25, 0.3) is 0 Å². The van der Waals surface area contributed by atoms with Crippen LogP contribution in [0.25, 0.3) is 0 Å². The molecule has 0 spiro atoms. The Bertz CT molecular complexity index is 435. The fraction of sp³-hybridized carbons (Fsp3) is 0.533. The van der Waals surface area contributed by atoms with Gasteiger partial charge in [-0.1, -0.05) is 17.7 Å². The van der Waals surface area contributed by atoms with Gasteiger partial charge in [-0.15, -0.1) is 0 Å². The molecule has 3 nitrogen and oxygen atoms in total. The van der Waals surface area contributed by atoms with Gasteiger partial charge in [-0.3, -0.25) is 4.79 Å². The molecule has 0 aliphatic heterocycles. The highest BCUT2D eigenvalue weighted by atomic mass is 16.5. The number of rotatable bonds is 6. The molecule has 1 aliphatic carbocycles. The van der Waals surface area contributed by atoms with Gasteiger partial charge >= 0.3 is 5.97 Å². The zero-order chi connectivity index (χ0) is 13.1. The standard InChI is InChI=1S/C15H20O3/c1-3-18-14-7-4-10(2)8-13(14)12(9-15(16)17)11-5-6-11/h4,7-8,11-12H,3,5-6,9H2,1-2H3,(H,16,17). The Kier molecular flexibility index (Phi) is 3.90. The largest absolute Gasteiger partial charge is 0.494 e. The van der Waals surface area contributed by atoms with Crippen molar-refractivity contribution in [2.24, 2.45) is 5.92 Å². The molecular weight excluding hydrogens is 228 g/mol. The first-order chi connectivity index (χ1) is 8.61. The first kappa shape index (κ1) is 12.9. The summed E-state index contributed by atoms with van der Waals surface area (Å²) in [4.78, 5) is 11.0. The minimum Gasteiger partial charge on any atom is -0.494 e. The van der Waals surface area contributed by atoms with E-state index in [1.54, 1.807) is 0 Å². The van der Waals surface area contributed by atoms with Crippen LogP contribution in [0.4, 0.5) is 0 Å². The Morgan fingerprint density at radius 3 is 2.78 bits per heavy atom. The van der Waals surface area contributed by atoms with Crippen LogP contribution in [0.5, 0.6) is 5.75 Å². The Labute approximate surface area is 108 Å². The molecule has 98 valence electrons. The second kappa shape index (κ2) is 5.42. The number of benzene rings is 1. The molecule has 0 aromatic heterocycles. The highest BCUT2D eigenvalue weighted by Gasteiger charge is 2.35. The smallest absolute Gasteiger partial charge is 0.303 e. The van der Waals surface area contributed by atoms with Crippen LogP contribution >= 0.6 is 0 Å². The van der Waals surface area contributed by atoms with Crippen molar-refractivity contribution in [3.05, 3.63) is 29.3 Å². The van der Waals surface area contributed by atoms with E-state index in [-0.39, 0.29) is 12.3 Å².